The van der Waals surface area contributed by atoms with E-state index in [1.54, 1.807) is 6.07 Å². The number of amides is 1. The van der Waals surface area contributed by atoms with Crippen molar-refractivity contribution in [1.82, 2.24) is 9.88 Å². The minimum absolute atomic E-state index is 0.193. The molecule has 1 amide bonds. The Balaban J connectivity index is 1.62. The number of anilines is 1. The molecule has 0 bridgehead atoms. The smallest absolute Gasteiger partial charge is 0.267 e. The average molecular weight is 380 g/mol. The number of fused-ring (bicyclic) bond motifs is 3. The second kappa shape index (κ2) is 6.90. The van der Waals surface area contributed by atoms with Gasteiger partial charge in [0.05, 0.1) is 4.88 Å². The first kappa shape index (κ1) is 16.8. The summed E-state index contributed by atoms with van der Waals surface area (Å²) in [6.45, 7) is 3.05. The van der Waals surface area contributed by atoms with E-state index in [9.17, 15) is 4.79 Å². The standard InChI is InChI=1S/C20H17N3OS2/c1-2-23-16-7-4-3-6-14(16)15-12-13(9-10-17(15)23)21-20(25)22-19(24)18-8-5-11-26-18/h3-12H,2H2,1H3,(H2,21,22,24,25). The van der Waals surface area contributed by atoms with Crippen LogP contribution in [-0.4, -0.2) is 15.6 Å². The highest BCUT2D eigenvalue weighted by molar-refractivity contribution is 7.80. The number of nitrogens with zero attached hydrogens (tertiary/aromatic N) is 1. The molecule has 0 radical (unpaired) electrons. The fraction of sp³-hybridized carbons (Fsp3) is 0.100. The quantitative estimate of drug-likeness (QED) is 0.492. The van der Waals surface area contributed by atoms with Crippen LogP contribution in [-0.2, 0) is 6.54 Å². The molecule has 0 aliphatic heterocycles. The van der Waals surface area contributed by atoms with Crippen LogP contribution in [0.2, 0.25) is 0 Å². The summed E-state index contributed by atoms with van der Waals surface area (Å²) in [4.78, 5) is 12.7. The minimum atomic E-state index is -0.193. The van der Waals surface area contributed by atoms with Crippen molar-refractivity contribution in [2.24, 2.45) is 0 Å². The molecule has 0 atom stereocenters. The highest BCUT2D eigenvalue weighted by atomic mass is 32.1. The molecule has 0 saturated carbocycles. The van der Waals surface area contributed by atoms with E-state index in [1.165, 1.54) is 33.1 Å². The average Bonchev–Trinajstić information content (AvgIpc) is 3.28. The summed E-state index contributed by atoms with van der Waals surface area (Å²) in [5.41, 5.74) is 3.26. The molecule has 0 saturated heterocycles. The highest BCUT2D eigenvalue weighted by Crippen LogP contribution is 2.30. The number of thiophene rings is 1. The molecular formula is C20H17N3OS2. The van der Waals surface area contributed by atoms with Crippen molar-refractivity contribution in [3.8, 4) is 0 Å². The number of nitrogens with one attached hydrogen (secondary N) is 2. The molecule has 0 aliphatic carbocycles. The van der Waals surface area contributed by atoms with E-state index in [-0.39, 0.29) is 5.91 Å². The number of thiocarbonyl (C=S) groups is 1. The van der Waals surface area contributed by atoms with E-state index in [1.807, 2.05) is 23.6 Å². The van der Waals surface area contributed by atoms with E-state index < -0.39 is 0 Å². The zero-order valence-electron chi connectivity index (χ0n) is 14.2. The molecule has 4 rings (SSSR count). The van der Waals surface area contributed by atoms with Crippen LogP contribution < -0.4 is 10.6 Å². The second-order valence-corrected chi connectivity index (χ2v) is 7.23. The summed E-state index contributed by atoms with van der Waals surface area (Å²) < 4.78 is 2.30. The van der Waals surface area contributed by atoms with Crippen molar-refractivity contribution in [2.45, 2.75) is 13.5 Å². The molecule has 2 aromatic carbocycles. The Morgan fingerprint density at radius 2 is 1.88 bits per heavy atom. The normalized spacial score (nSPS) is 11.0. The molecule has 0 spiro atoms. The maximum Gasteiger partial charge on any atom is 0.267 e. The number of hydrogen-bond acceptors (Lipinski definition) is 3. The van der Waals surface area contributed by atoms with Crippen molar-refractivity contribution in [2.75, 3.05) is 5.32 Å². The van der Waals surface area contributed by atoms with Gasteiger partial charge in [-0.1, -0.05) is 24.3 Å². The molecular weight excluding hydrogens is 362 g/mol. The summed E-state index contributed by atoms with van der Waals surface area (Å²) in [6, 6.07) is 18.1. The molecule has 6 heteroatoms. The van der Waals surface area contributed by atoms with Crippen LogP contribution in [0.25, 0.3) is 21.8 Å². The zero-order valence-corrected chi connectivity index (χ0v) is 15.8. The summed E-state index contributed by atoms with van der Waals surface area (Å²) in [7, 11) is 0. The number of benzene rings is 2. The van der Waals surface area contributed by atoms with Gasteiger partial charge in [-0.2, -0.15) is 0 Å². The lowest BCUT2D eigenvalue weighted by Gasteiger charge is -2.09. The van der Waals surface area contributed by atoms with Gasteiger partial charge in [0.25, 0.3) is 5.91 Å². The first-order valence-electron chi connectivity index (χ1n) is 8.34. The van der Waals surface area contributed by atoms with Crippen molar-refractivity contribution in [3.63, 3.8) is 0 Å². The Labute approximate surface area is 160 Å². The van der Waals surface area contributed by atoms with Crippen molar-refractivity contribution in [1.29, 1.82) is 0 Å². The first-order chi connectivity index (χ1) is 12.7. The second-order valence-electron chi connectivity index (χ2n) is 5.88. The third-order valence-corrected chi connectivity index (χ3v) is 5.39. The van der Waals surface area contributed by atoms with Crippen molar-refractivity contribution < 1.29 is 4.79 Å². The zero-order chi connectivity index (χ0) is 18.1. The van der Waals surface area contributed by atoms with Crippen LogP contribution >= 0.6 is 23.6 Å². The number of hydrogen-bond donors (Lipinski definition) is 2. The van der Waals surface area contributed by atoms with Crippen LogP contribution in [0.1, 0.15) is 16.6 Å². The molecule has 2 N–H and O–H groups in total. The van der Waals surface area contributed by atoms with Gasteiger partial charge in [0.2, 0.25) is 0 Å². The molecule has 0 fully saturated rings. The van der Waals surface area contributed by atoms with Gasteiger partial charge < -0.3 is 9.88 Å². The molecule has 4 nitrogen and oxygen atoms in total. The Kier molecular flexibility index (Phi) is 4.44. The van der Waals surface area contributed by atoms with Crippen LogP contribution in [0.5, 0.6) is 0 Å². The van der Waals surface area contributed by atoms with Crippen LogP contribution in [0.15, 0.2) is 60.0 Å². The Hall–Kier alpha value is -2.70. The fourth-order valence-corrected chi connectivity index (χ4v) is 4.04. The van der Waals surface area contributed by atoms with Gasteiger partial charge in [0.15, 0.2) is 5.11 Å². The largest absolute Gasteiger partial charge is 0.341 e. The first-order valence-corrected chi connectivity index (χ1v) is 9.63. The van der Waals surface area contributed by atoms with E-state index in [0.717, 1.165) is 12.2 Å². The summed E-state index contributed by atoms with van der Waals surface area (Å²) in [5.74, 6) is -0.193. The molecule has 130 valence electrons. The Bertz CT molecular complexity index is 1110. The number of para-hydroxylation sites is 1. The van der Waals surface area contributed by atoms with Gasteiger partial charge in [0, 0.05) is 34.0 Å². The highest BCUT2D eigenvalue weighted by Gasteiger charge is 2.11. The van der Waals surface area contributed by atoms with Gasteiger partial charge in [-0.3, -0.25) is 10.1 Å². The Morgan fingerprint density at radius 1 is 1.08 bits per heavy atom. The predicted octanol–water partition coefficient (Wildman–Crippen LogP) is 5.00. The molecule has 26 heavy (non-hydrogen) atoms. The van der Waals surface area contributed by atoms with Crippen LogP contribution in [0.4, 0.5) is 5.69 Å². The summed E-state index contributed by atoms with van der Waals surface area (Å²) in [5, 5.41) is 10.4. The SMILES string of the molecule is CCn1c2ccccc2c2cc(NC(=S)NC(=O)c3cccs3)ccc21. The maximum atomic E-state index is 12.1. The number of aryl methyl sites for hydroxylation is 1. The molecule has 2 heterocycles. The van der Waals surface area contributed by atoms with Gasteiger partial charge in [-0.05, 0) is 54.9 Å². The summed E-state index contributed by atoms with van der Waals surface area (Å²) >= 11 is 6.67. The van der Waals surface area contributed by atoms with E-state index >= 15 is 0 Å². The molecule has 0 unspecified atom stereocenters. The number of carbonyl (C=O) groups excluding carboxylic acids is 1. The lowest BCUT2D eigenvalue weighted by Crippen LogP contribution is -2.33. The molecule has 4 aromatic rings. The number of aromatic nitrogens is 1. The van der Waals surface area contributed by atoms with E-state index in [2.05, 4.69) is 52.5 Å². The predicted molar refractivity (Wildman–Crippen MR) is 113 cm³/mol. The van der Waals surface area contributed by atoms with Crippen molar-refractivity contribution in [3.05, 3.63) is 64.9 Å². The number of carbonyl (C=O) groups is 1. The minimum Gasteiger partial charge on any atom is -0.341 e. The van der Waals surface area contributed by atoms with Crippen molar-refractivity contribution >= 4 is 62.1 Å². The van der Waals surface area contributed by atoms with Crippen LogP contribution in [0.3, 0.4) is 0 Å². The van der Waals surface area contributed by atoms with E-state index in [4.69, 9.17) is 12.2 Å². The van der Waals surface area contributed by atoms with Gasteiger partial charge >= 0.3 is 0 Å². The number of rotatable bonds is 3. The topological polar surface area (TPSA) is 46.1 Å². The van der Waals surface area contributed by atoms with Gasteiger partial charge in [-0.25, -0.2) is 0 Å². The summed E-state index contributed by atoms with van der Waals surface area (Å²) in [6.07, 6.45) is 0. The maximum absolute atomic E-state index is 12.1. The Morgan fingerprint density at radius 3 is 2.65 bits per heavy atom. The van der Waals surface area contributed by atoms with Crippen LogP contribution in [0, 0.1) is 0 Å². The third-order valence-electron chi connectivity index (χ3n) is 4.32. The molecule has 0 aliphatic rings. The third kappa shape index (κ3) is 2.98. The lowest BCUT2D eigenvalue weighted by atomic mass is 10.1. The monoisotopic (exact) mass is 379 g/mol. The lowest BCUT2D eigenvalue weighted by molar-refractivity contribution is 0.0981. The van der Waals surface area contributed by atoms with E-state index in [0.29, 0.717) is 9.99 Å². The molecule has 2 aromatic heterocycles. The van der Waals surface area contributed by atoms with Gasteiger partial charge in [0.1, 0.15) is 0 Å². The fourth-order valence-electron chi connectivity index (χ4n) is 3.21. The van der Waals surface area contributed by atoms with Gasteiger partial charge in [-0.15, -0.1) is 11.3 Å².